The predicted molar refractivity (Wildman–Crippen MR) is 75.6 cm³/mol. The number of hydrogen-bond acceptors (Lipinski definition) is 2. The van der Waals surface area contributed by atoms with E-state index in [1.165, 1.54) is 11.1 Å². The van der Waals surface area contributed by atoms with E-state index < -0.39 is 0 Å². The lowest BCUT2D eigenvalue weighted by Crippen LogP contribution is -2.22. The largest absolute Gasteiger partial charge is 0.310 e. The van der Waals surface area contributed by atoms with Crippen LogP contribution in [0.25, 0.3) is 0 Å². The molecule has 0 fully saturated rings. The van der Waals surface area contributed by atoms with Gasteiger partial charge >= 0.3 is 0 Å². The van der Waals surface area contributed by atoms with E-state index in [0.29, 0.717) is 6.04 Å². The van der Waals surface area contributed by atoms with Gasteiger partial charge in [0.2, 0.25) is 0 Å². The Morgan fingerprint density at radius 2 is 2.17 bits per heavy atom. The summed E-state index contributed by atoms with van der Waals surface area (Å²) in [4.78, 5) is 0. The molecule has 0 aliphatic carbocycles. The van der Waals surface area contributed by atoms with E-state index in [1.807, 2.05) is 13.0 Å². The summed E-state index contributed by atoms with van der Waals surface area (Å²) in [6, 6.07) is 7.49. The smallest absolute Gasteiger partial charge is 0.123 e. The Labute approximate surface area is 112 Å². The Bertz CT molecular complexity index is 493. The van der Waals surface area contributed by atoms with Gasteiger partial charge in [0.05, 0.1) is 0 Å². The number of rotatable bonds is 5. The average Bonchev–Trinajstić information content (AvgIpc) is 2.85. The van der Waals surface area contributed by atoms with E-state index in [-0.39, 0.29) is 5.82 Å². The van der Waals surface area contributed by atoms with Crippen molar-refractivity contribution in [1.29, 1.82) is 0 Å². The van der Waals surface area contributed by atoms with Crippen molar-refractivity contribution in [2.24, 2.45) is 0 Å². The first-order valence-corrected chi connectivity index (χ1v) is 7.15. The van der Waals surface area contributed by atoms with Gasteiger partial charge in [0.25, 0.3) is 0 Å². The van der Waals surface area contributed by atoms with Gasteiger partial charge < -0.3 is 5.32 Å². The molecule has 1 heterocycles. The minimum Gasteiger partial charge on any atom is -0.310 e. The van der Waals surface area contributed by atoms with Gasteiger partial charge in [-0.05, 0) is 65.5 Å². The van der Waals surface area contributed by atoms with Gasteiger partial charge in [0, 0.05) is 6.04 Å². The summed E-state index contributed by atoms with van der Waals surface area (Å²) in [5.74, 6) is -0.160. The van der Waals surface area contributed by atoms with Crippen molar-refractivity contribution in [3.05, 3.63) is 57.5 Å². The van der Waals surface area contributed by atoms with E-state index in [0.717, 1.165) is 18.5 Å². The first kappa shape index (κ1) is 13.2. The van der Waals surface area contributed by atoms with Gasteiger partial charge in [0.1, 0.15) is 5.82 Å². The van der Waals surface area contributed by atoms with Crippen molar-refractivity contribution < 1.29 is 4.39 Å². The second-order valence-electron chi connectivity index (χ2n) is 4.44. The van der Waals surface area contributed by atoms with Gasteiger partial charge in [-0.1, -0.05) is 13.0 Å². The number of thiophene rings is 1. The van der Waals surface area contributed by atoms with Crippen LogP contribution in [0.2, 0.25) is 0 Å². The molecule has 0 saturated heterocycles. The second-order valence-corrected chi connectivity index (χ2v) is 5.22. The maximum Gasteiger partial charge on any atom is 0.123 e. The summed E-state index contributed by atoms with van der Waals surface area (Å²) in [5.41, 5.74) is 3.53. The predicted octanol–water partition coefficient (Wildman–Crippen LogP) is 4.09. The molecule has 0 aliphatic heterocycles. The quantitative estimate of drug-likeness (QED) is 0.856. The van der Waals surface area contributed by atoms with E-state index >= 15 is 0 Å². The van der Waals surface area contributed by atoms with Crippen LogP contribution in [0.15, 0.2) is 35.0 Å². The first-order valence-electron chi connectivity index (χ1n) is 6.21. The molecule has 2 aromatic rings. The first-order chi connectivity index (χ1) is 8.70. The lowest BCUT2D eigenvalue weighted by molar-refractivity contribution is 0.549. The molecular formula is C15H18FNS. The maximum absolute atomic E-state index is 13.1. The van der Waals surface area contributed by atoms with E-state index in [4.69, 9.17) is 0 Å². The summed E-state index contributed by atoms with van der Waals surface area (Å²) < 4.78 is 13.1. The van der Waals surface area contributed by atoms with Crippen LogP contribution in [-0.4, -0.2) is 6.54 Å². The molecule has 1 N–H and O–H groups in total. The third-order valence-corrected chi connectivity index (χ3v) is 3.83. The molecule has 1 nitrogen and oxygen atoms in total. The van der Waals surface area contributed by atoms with Crippen LogP contribution >= 0.6 is 11.3 Å². The Kier molecular flexibility index (Phi) is 4.50. The zero-order valence-electron chi connectivity index (χ0n) is 10.7. The van der Waals surface area contributed by atoms with Crippen LogP contribution in [-0.2, 0) is 6.42 Å². The fourth-order valence-electron chi connectivity index (χ4n) is 2.14. The summed E-state index contributed by atoms with van der Waals surface area (Å²) in [7, 11) is 0. The highest BCUT2D eigenvalue weighted by Crippen LogP contribution is 2.22. The standard InChI is InChI=1S/C15H18FNS/c1-3-17-15(13-6-7-18-10-13)9-12-4-5-14(16)8-11(12)2/h4-8,10,15,17H,3,9H2,1-2H3. The molecule has 1 unspecified atom stereocenters. The number of hydrogen-bond donors (Lipinski definition) is 1. The van der Waals surface area contributed by atoms with Crippen LogP contribution < -0.4 is 5.32 Å². The highest BCUT2D eigenvalue weighted by Gasteiger charge is 2.13. The molecule has 0 aliphatic rings. The molecule has 1 aromatic carbocycles. The van der Waals surface area contributed by atoms with E-state index in [2.05, 4.69) is 29.1 Å². The number of aryl methyl sites for hydroxylation is 1. The number of benzene rings is 1. The molecule has 0 spiro atoms. The fourth-order valence-corrected chi connectivity index (χ4v) is 2.85. The molecule has 2 rings (SSSR count). The molecule has 0 saturated carbocycles. The summed E-state index contributed by atoms with van der Waals surface area (Å²) in [6.45, 7) is 5.01. The van der Waals surface area contributed by atoms with Crippen molar-refractivity contribution in [3.8, 4) is 0 Å². The molecular weight excluding hydrogens is 245 g/mol. The average molecular weight is 263 g/mol. The molecule has 3 heteroatoms. The van der Waals surface area contributed by atoms with Crippen LogP contribution in [0.1, 0.15) is 29.7 Å². The monoisotopic (exact) mass is 263 g/mol. The van der Waals surface area contributed by atoms with Gasteiger partial charge in [0.15, 0.2) is 0 Å². The summed E-state index contributed by atoms with van der Waals surface area (Å²) >= 11 is 1.71. The molecule has 0 radical (unpaired) electrons. The summed E-state index contributed by atoms with van der Waals surface area (Å²) in [6.07, 6.45) is 0.899. The third kappa shape index (κ3) is 3.18. The van der Waals surface area contributed by atoms with Crippen molar-refractivity contribution in [2.75, 3.05) is 6.54 Å². The van der Waals surface area contributed by atoms with Crippen LogP contribution in [0.4, 0.5) is 4.39 Å². The van der Waals surface area contributed by atoms with Crippen LogP contribution in [0, 0.1) is 12.7 Å². The maximum atomic E-state index is 13.1. The van der Waals surface area contributed by atoms with Crippen molar-refractivity contribution in [3.63, 3.8) is 0 Å². The second kappa shape index (κ2) is 6.12. The molecule has 18 heavy (non-hydrogen) atoms. The molecule has 1 aromatic heterocycles. The molecule has 1 atom stereocenters. The van der Waals surface area contributed by atoms with Crippen molar-refractivity contribution in [1.82, 2.24) is 5.32 Å². The molecule has 0 bridgehead atoms. The van der Waals surface area contributed by atoms with Crippen LogP contribution in [0.5, 0.6) is 0 Å². The highest BCUT2D eigenvalue weighted by atomic mass is 32.1. The number of likely N-dealkylation sites (N-methyl/N-ethyl adjacent to an activating group) is 1. The zero-order valence-corrected chi connectivity index (χ0v) is 11.6. The van der Waals surface area contributed by atoms with Gasteiger partial charge in [-0.15, -0.1) is 0 Å². The SMILES string of the molecule is CCNC(Cc1ccc(F)cc1C)c1ccsc1. The Morgan fingerprint density at radius 1 is 1.33 bits per heavy atom. The van der Waals surface area contributed by atoms with E-state index in [1.54, 1.807) is 23.5 Å². The van der Waals surface area contributed by atoms with Crippen LogP contribution in [0.3, 0.4) is 0 Å². The van der Waals surface area contributed by atoms with Gasteiger partial charge in [-0.25, -0.2) is 4.39 Å². The number of nitrogens with one attached hydrogen (secondary N) is 1. The molecule has 96 valence electrons. The zero-order chi connectivity index (χ0) is 13.0. The summed E-state index contributed by atoms with van der Waals surface area (Å²) in [5, 5.41) is 7.76. The Balaban J connectivity index is 2.18. The number of halogens is 1. The minimum absolute atomic E-state index is 0.160. The highest BCUT2D eigenvalue weighted by molar-refractivity contribution is 7.07. The Morgan fingerprint density at radius 3 is 2.78 bits per heavy atom. The van der Waals surface area contributed by atoms with Crippen molar-refractivity contribution >= 4 is 11.3 Å². The lowest BCUT2D eigenvalue weighted by atomic mass is 9.97. The third-order valence-electron chi connectivity index (χ3n) is 3.12. The molecule has 0 amide bonds. The normalized spacial score (nSPS) is 12.6. The van der Waals surface area contributed by atoms with Gasteiger partial charge in [-0.3, -0.25) is 0 Å². The van der Waals surface area contributed by atoms with Gasteiger partial charge in [-0.2, -0.15) is 11.3 Å². The van der Waals surface area contributed by atoms with Crippen molar-refractivity contribution in [2.45, 2.75) is 26.3 Å². The fraction of sp³-hybridized carbons (Fsp3) is 0.333. The topological polar surface area (TPSA) is 12.0 Å². The lowest BCUT2D eigenvalue weighted by Gasteiger charge is -2.18. The van der Waals surface area contributed by atoms with E-state index in [9.17, 15) is 4.39 Å². The minimum atomic E-state index is -0.160. The Hall–Kier alpha value is -1.19.